The van der Waals surface area contributed by atoms with Crippen LogP contribution in [0, 0.1) is 11.8 Å². The van der Waals surface area contributed by atoms with Crippen LogP contribution in [0.3, 0.4) is 0 Å². The van der Waals surface area contributed by atoms with Gasteiger partial charge >= 0.3 is 0 Å². The van der Waals surface area contributed by atoms with Crippen molar-refractivity contribution in [2.24, 2.45) is 11.8 Å². The second-order valence-corrected chi connectivity index (χ2v) is 6.26. The van der Waals surface area contributed by atoms with Gasteiger partial charge in [-0.05, 0) is 32.1 Å². The van der Waals surface area contributed by atoms with Gasteiger partial charge in [0.15, 0.2) is 5.79 Å². The predicted octanol–water partition coefficient (Wildman–Crippen LogP) is 2.55. The summed E-state index contributed by atoms with van der Waals surface area (Å²) in [7, 11) is 0. The molecule has 1 aliphatic carbocycles. The average Bonchev–Trinajstić information content (AvgIpc) is 2.27. The fourth-order valence-electron chi connectivity index (χ4n) is 2.91. The molecule has 0 radical (unpaired) electrons. The van der Waals surface area contributed by atoms with Crippen LogP contribution in [0.15, 0.2) is 0 Å². The zero-order chi connectivity index (χ0) is 12.5. The van der Waals surface area contributed by atoms with E-state index >= 15 is 0 Å². The van der Waals surface area contributed by atoms with Crippen molar-refractivity contribution in [3.8, 4) is 0 Å². The van der Waals surface area contributed by atoms with Crippen LogP contribution in [0.25, 0.3) is 0 Å². The monoisotopic (exact) mass is 241 g/mol. The van der Waals surface area contributed by atoms with Crippen LogP contribution in [0.2, 0.25) is 0 Å². The predicted molar refractivity (Wildman–Crippen MR) is 68.9 cm³/mol. The SMILES string of the molecule is CC1CCCC(NC2COC(C)(C)OC2)C1C. The Hall–Kier alpha value is -0.120. The second kappa shape index (κ2) is 5.25. The first kappa shape index (κ1) is 13.3. The van der Waals surface area contributed by atoms with Gasteiger partial charge in [0.2, 0.25) is 0 Å². The Balaban J connectivity index is 1.81. The Morgan fingerprint density at radius 3 is 2.35 bits per heavy atom. The highest BCUT2D eigenvalue weighted by Gasteiger charge is 2.32. The molecule has 3 nitrogen and oxygen atoms in total. The summed E-state index contributed by atoms with van der Waals surface area (Å²) in [6, 6.07) is 0.998. The first-order valence-electron chi connectivity index (χ1n) is 7.02. The third-order valence-electron chi connectivity index (χ3n) is 4.42. The Bertz CT molecular complexity index is 245. The van der Waals surface area contributed by atoms with Crippen molar-refractivity contribution in [3.63, 3.8) is 0 Å². The van der Waals surface area contributed by atoms with E-state index in [1.807, 2.05) is 13.8 Å². The lowest BCUT2D eigenvalue weighted by atomic mass is 9.78. The second-order valence-electron chi connectivity index (χ2n) is 6.26. The van der Waals surface area contributed by atoms with E-state index < -0.39 is 5.79 Å². The van der Waals surface area contributed by atoms with Gasteiger partial charge in [0.1, 0.15) is 0 Å². The third kappa shape index (κ3) is 3.43. The van der Waals surface area contributed by atoms with Gasteiger partial charge in [0.25, 0.3) is 0 Å². The maximum Gasteiger partial charge on any atom is 0.162 e. The quantitative estimate of drug-likeness (QED) is 0.806. The number of ether oxygens (including phenoxy) is 2. The van der Waals surface area contributed by atoms with E-state index in [4.69, 9.17) is 9.47 Å². The van der Waals surface area contributed by atoms with Gasteiger partial charge in [-0.1, -0.05) is 26.7 Å². The molecule has 0 aromatic rings. The van der Waals surface area contributed by atoms with E-state index in [0.29, 0.717) is 12.1 Å². The van der Waals surface area contributed by atoms with Crippen LogP contribution in [0.1, 0.15) is 47.0 Å². The molecule has 17 heavy (non-hydrogen) atoms. The highest BCUT2D eigenvalue weighted by atomic mass is 16.7. The van der Waals surface area contributed by atoms with E-state index in [9.17, 15) is 0 Å². The van der Waals surface area contributed by atoms with Gasteiger partial charge in [-0.15, -0.1) is 0 Å². The zero-order valence-electron chi connectivity index (χ0n) is 11.7. The first-order chi connectivity index (χ1) is 7.98. The summed E-state index contributed by atoms with van der Waals surface area (Å²) >= 11 is 0. The van der Waals surface area contributed by atoms with E-state index in [1.54, 1.807) is 0 Å². The van der Waals surface area contributed by atoms with Crippen LogP contribution >= 0.6 is 0 Å². The summed E-state index contributed by atoms with van der Waals surface area (Å²) in [5, 5.41) is 3.73. The van der Waals surface area contributed by atoms with Crippen LogP contribution in [0.5, 0.6) is 0 Å². The molecule has 1 saturated heterocycles. The molecule has 3 unspecified atom stereocenters. The molecule has 1 N–H and O–H groups in total. The fraction of sp³-hybridized carbons (Fsp3) is 1.00. The van der Waals surface area contributed by atoms with Crippen LogP contribution < -0.4 is 5.32 Å². The minimum Gasteiger partial charge on any atom is -0.349 e. The van der Waals surface area contributed by atoms with Gasteiger partial charge < -0.3 is 14.8 Å². The van der Waals surface area contributed by atoms with Crippen molar-refractivity contribution in [2.75, 3.05) is 13.2 Å². The summed E-state index contributed by atoms with van der Waals surface area (Å²) in [5.41, 5.74) is 0. The lowest BCUT2D eigenvalue weighted by Gasteiger charge is -2.40. The van der Waals surface area contributed by atoms with E-state index in [2.05, 4.69) is 19.2 Å². The highest BCUT2D eigenvalue weighted by molar-refractivity contribution is 4.86. The van der Waals surface area contributed by atoms with Crippen molar-refractivity contribution in [1.29, 1.82) is 0 Å². The molecule has 100 valence electrons. The Kier molecular flexibility index (Phi) is 4.11. The molecule has 0 bridgehead atoms. The van der Waals surface area contributed by atoms with Gasteiger partial charge in [0.05, 0.1) is 19.3 Å². The normalized spacial score (nSPS) is 39.2. The maximum atomic E-state index is 5.70. The topological polar surface area (TPSA) is 30.5 Å². The van der Waals surface area contributed by atoms with Crippen molar-refractivity contribution < 1.29 is 9.47 Å². The smallest absolute Gasteiger partial charge is 0.162 e. The molecular formula is C14H27NO2. The molecule has 1 heterocycles. The van der Waals surface area contributed by atoms with E-state index in [1.165, 1.54) is 19.3 Å². The molecule has 0 spiro atoms. The molecule has 2 fully saturated rings. The molecule has 2 rings (SSSR count). The molecule has 2 aliphatic rings. The van der Waals surface area contributed by atoms with Crippen molar-refractivity contribution in [3.05, 3.63) is 0 Å². The maximum absolute atomic E-state index is 5.70. The van der Waals surface area contributed by atoms with Crippen molar-refractivity contribution >= 4 is 0 Å². The number of rotatable bonds is 2. The molecule has 0 aromatic heterocycles. The molecule has 1 aliphatic heterocycles. The van der Waals surface area contributed by atoms with E-state index in [-0.39, 0.29) is 0 Å². The summed E-state index contributed by atoms with van der Waals surface area (Å²) in [6.07, 6.45) is 4.03. The summed E-state index contributed by atoms with van der Waals surface area (Å²) in [6.45, 7) is 10.2. The lowest BCUT2D eigenvalue weighted by Crippen LogP contribution is -2.54. The zero-order valence-corrected chi connectivity index (χ0v) is 11.7. The molecule has 0 aromatic carbocycles. The summed E-state index contributed by atoms with van der Waals surface area (Å²) in [5.74, 6) is 1.20. The third-order valence-corrected chi connectivity index (χ3v) is 4.42. The van der Waals surface area contributed by atoms with Gasteiger partial charge in [0, 0.05) is 6.04 Å². The molecule has 3 atom stereocenters. The average molecular weight is 241 g/mol. The Morgan fingerprint density at radius 1 is 1.06 bits per heavy atom. The van der Waals surface area contributed by atoms with E-state index in [0.717, 1.165) is 25.0 Å². The van der Waals surface area contributed by atoms with Crippen LogP contribution in [-0.2, 0) is 9.47 Å². The van der Waals surface area contributed by atoms with Crippen molar-refractivity contribution in [2.45, 2.75) is 64.8 Å². The summed E-state index contributed by atoms with van der Waals surface area (Å²) in [4.78, 5) is 0. The number of hydrogen-bond donors (Lipinski definition) is 1. The number of nitrogens with one attached hydrogen (secondary N) is 1. The number of hydrogen-bond acceptors (Lipinski definition) is 3. The van der Waals surface area contributed by atoms with Crippen LogP contribution in [0.4, 0.5) is 0 Å². The molecule has 0 amide bonds. The lowest BCUT2D eigenvalue weighted by molar-refractivity contribution is -0.254. The molecule has 3 heteroatoms. The van der Waals surface area contributed by atoms with Crippen molar-refractivity contribution in [1.82, 2.24) is 5.32 Å². The summed E-state index contributed by atoms with van der Waals surface area (Å²) < 4.78 is 11.4. The minimum absolute atomic E-state index is 0.362. The van der Waals surface area contributed by atoms with Gasteiger partial charge in [-0.3, -0.25) is 0 Å². The Morgan fingerprint density at radius 2 is 1.71 bits per heavy atom. The molecule has 1 saturated carbocycles. The fourth-order valence-corrected chi connectivity index (χ4v) is 2.91. The highest BCUT2D eigenvalue weighted by Crippen LogP contribution is 2.30. The minimum atomic E-state index is -0.399. The standard InChI is InChI=1S/C14H27NO2/c1-10-6-5-7-13(11(10)2)15-12-8-16-14(3,4)17-9-12/h10-13,15H,5-9H2,1-4H3. The molecular weight excluding hydrogens is 214 g/mol. The Labute approximate surface area is 105 Å². The van der Waals surface area contributed by atoms with Gasteiger partial charge in [-0.25, -0.2) is 0 Å². The van der Waals surface area contributed by atoms with Crippen LogP contribution in [-0.4, -0.2) is 31.1 Å². The largest absolute Gasteiger partial charge is 0.349 e. The van der Waals surface area contributed by atoms with Gasteiger partial charge in [-0.2, -0.15) is 0 Å². The first-order valence-corrected chi connectivity index (χ1v) is 7.02.